The van der Waals surface area contributed by atoms with Crippen molar-refractivity contribution in [3.05, 3.63) is 70.5 Å². The Hall–Kier alpha value is -1.87. The van der Waals surface area contributed by atoms with Crippen LogP contribution < -0.4 is 0 Å². The molecule has 2 nitrogen and oxygen atoms in total. The first-order chi connectivity index (χ1) is 10.7. The number of amides is 1. The average Bonchev–Trinajstić information content (AvgIpc) is 2.99. The number of carbonyl (C=O) groups is 1. The quantitative estimate of drug-likeness (QED) is 0.822. The predicted octanol–water partition coefficient (Wildman–Crippen LogP) is 4.39. The smallest absolute Gasteiger partial charge is 0.227 e. The minimum absolute atomic E-state index is 0.00106. The summed E-state index contributed by atoms with van der Waals surface area (Å²) in [7, 11) is 0. The molecule has 1 fully saturated rings. The van der Waals surface area contributed by atoms with Gasteiger partial charge in [0.15, 0.2) is 0 Å². The zero-order valence-corrected chi connectivity index (χ0v) is 12.9. The molecule has 2 aromatic rings. The number of rotatable bonds is 3. The fraction of sp³-hybridized carbons (Fsp3) is 0.278. The van der Waals surface area contributed by atoms with E-state index >= 15 is 0 Å². The fourth-order valence-electron chi connectivity index (χ4n) is 3.04. The second-order valence-corrected chi connectivity index (χ2v) is 5.94. The Labute approximate surface area is 134 Å². The average molecular weight is 318 g/mol. The third kappa shape index (κ3) is 3.00. The Balaban J connectivity index is 1.80. The first-order valence-electron chi connectivity index (χ1n) is 7.44. The number of likely N-dealkylation sites (tertiary alicyclic amines) is 1. The molecule has 1 amide bonds. The van der Waals surface area contributed by atoms with Gasteiger partial charge in [-0.2, -0.15) is 0 Å². The van der Waals surface area contributed by atoms with E-state index in [0.717, 1.165) is 18.4 Å². The Bertz CT molecular complexity index is 688. The molecule has 1 heterocycles. The molecule has 1 aliphatic heterocycles. The van der Waals surface area contributed by atoms with Crippen LogP contribution in [0.5, 0.6) is 0 Å². The summed E-state index contributed by atoms with van der Waals surface area (Å²) < 4.78 is 14.0. The highest BCUT2D eigenvalue weighted by Crippen LogP contribution is 2.34. The van der Waals surface area contributed by atoms with Crippen LogP contribution in [0.2, 0.25) is 5.02 Å². The van der Waals surface area contributed by atoms with E-state index in [-0.39, 0.29) is 24.2 Å². The van der Waals surface area contributed by atoms with Crippen LogP contribution in [0.25, 0.3) is 0 Å². The monoisotopic (exact) mass is 317 g/mol. The van der Waals surface area contributed by atoms with Gasteiger partial charge < -0.3 is 4.90 Å². The van der Waals surface area contributed by atoms with Crippen molar-refractivity contribution < 1.29 is 9.18 Å². The third-order valence-corrected chi connectivity index (χ3v) is 4.51. The summed E-state index contributed by atoms with van der Waals surface area (Å²) in [6.45, 7) is 0.669. The van der Waals surface area contributed by atoms with E-state index in [1.54, 1.807) is 23.1 Å². The summed E-state index contributed by atoms with van der Waals surface area (Å²) in [6, 6.07) is 13.9. The van der Waals surface area contributed by atoms with E-state index in [2.05, 4.69) is 0 Å². The van der Waals surface area contributed by atoms with Crippen molar-refractivity contribution in [3.8, 4) is 0 Å². The van der Waals surface area contributed by atoms with Crippen molar-refractivity contribution >= 4 is 17.5 Å². The van der Waals surface area contributed by atoms with Crippen molar-refractivity contribution in [3.63, 3.8) is 0 Å². The number of hydrogen-bond acceptors (Lipinski definition) is 1. The van der Waals surface area contributed by atoms with Gasteiger partial charge in [-0.1, -0.05) is 48.0 Å². The molecule has 0 N–H and O–H groups in total. The van der Waals surface area contributed by atoms with E-state index in [1.165, 1.54) is 6.07 Å². The van der Waals surface area contributed by atoms with Crippen LogP contribution >= 0.6 is 11.6 Å². The number of carbonyl (C=O) groups excluding carboxylic acids is 1. The molecule has 114 valence electrons. The van der Waals surface area contributed by atoms with Crippen molar-refractivity contribution in [2.24, 2.45) is 0 Å². The normalized spacial score (nSPS) is 17.7. The van der Waals surface area contributed by atoms with Crippen LogP contribution in [0.1, 0.15) is 30.0 Å². The maximum atomic E-state index is 14.0. The lowest BCUT2D eigenvalue weighted by Crippen LogP contribution is -2.32. The number of benzene rings is 2. The summed E-state index contributed by atoms with van der Waals surface area (Å²) >= 11 is 6.12. The zero-order valence-electron chi connectivity index (χ0n) is 12.1. The van der Waals surface area contributed by atoms with Crippen LogP contribution in [0, 0.1) is 5.82 Å². The van der Waals surface area contributed by atoms with Crippen LogP contribution in [0.15, 0.2) is 48.5 Å². The highest BCUT2D eigenvalue weighted by molar-refractivity contribution is 6.31. The lowest BCUT2D eigenvalue weighted by Gasteiger charge is -2.25. The largest absolute Gasteiger partial charge is 0.335 e. The Morgan fingerprint density at radius 3 is 2.68 bits per heavy atom. The Morgan fingerprint density at radius 2 is 1.91 bits per heavy atom. The molecule has 1 aliphatic rings. The van der Waals surface area contributed by atoms with Gasteiger partial charge in [0.2, 0.25) is 5.91 Å². The van der Waals surface area contributed by atoms with Crippen molar-refractivity contribution in [2.45, 2.75) is 25.3 Å². The minimum Gasteiger partial charge on any atom is -0.335 e. The topological polar surface area (TPSA) is 20.3 Å². The standard InChI is InChI=1S/C18H17ClFNO/c19-15-8-3-1-6-13(15)12-18(22)21-11-5-10-17(21)14-7-2-4-9-16(14)20/h1-4,6-9,17H,5,10-12H2/t17-/m0/s1. The molecule has 2 aromatic carbocycles. The molecule has 0 aliphatic carbocycles. The van der Waals surface area contributed by atoms with Gasteiger partial charge in [-0.05, 0) is 30.5 Å². The molecule has 0 bridgehead atoms. The maximum absolute atomic E-state index is 14.0. The van der Waals surface area contributed by atoms with Crippen LogP contribution in [-0.2, 0) is 11.2 Å². The van der Waals surface area contributed by atoms with Gasteiger partial charge in [0.05, 0.1) is 12.5 Å². The highest BCUT2D eigenvalue weighted by Gasteiger charge is 2.31. The highest BCUT2D eigenvalue weighted by atomic mass is 35.5. The van der Waals surface area contributed by atoms with Gasteiger partial charge in [0.25, 0.3) is 0 Å². The zero-order chi connectivity index (χ0) is 15.5. The van der Waals surface area contributed by atoms with Crippen molar-refractivity contribution in [2.75, 3.05) is 6.54 Å². The summed E-state index contributed by atoms with van der Waals surface area (Å²) in [6.07, 6.45) is 1.95. The van der Waals surface area contributed by atoms with Gasteiger partial charge in [-0.3, -0.25) is 4.79 Å². The van der Waals surface area contributed by atoms with Gasteiger partial charge in [0, 0.05) is 17.1 Å². The van der Waals surface area contributed by atoms with E-state index in [9.17, 15) is 9.18 Å². The van der Waals surface area contributed by atoms with Gasteiger partial charge in [-0.15, -0.1) is 0 Å². The van der Waals surface area contributed by atoms with Crippen molar-refractivity contribution in [1.29, 1.82) is 0 Å². The fourth-order valence-corrected chi connectivity index (χ4v) is 3.24. The van der Waals surface area contributed by atoms with E-state index in [0.29, 0.717) is 17.1 Å². The lowest BCUT2D eigenvalue weighted by molar-refractivity contribution is -0.131. The Kier molecular flexibility index (Phi) is 4.44. The summed E-state index contributed by atoms with van der Waals surface area (Å²) in [5, 5.41) is 0.595. The summed E-state index contributed by atoms with van der Waals surface area (Å²) in [4.78, 5) is 14.4. The molecule has 1 atom stereocenters. The third-order valence-electron chi connectivity index (χ3n) is 4.14. The molecule has 4 heteroatoms. The molecular weight excluding hydrogens is 301 g/mol. The van der Waals surface area contributed by atoms with E-state index < -0.39 is 0 Å². The van der Waals surface area contributed by atoms with Crippen LogP contribution in [-0.4, -0.2) is 17.4 Å². The van der Waals surface area contributed by atoms with Crippen molar-refractivity contribution in [1.82, 2.24) is 4.90 Å². The second-order valence-electron chi connectivity index (χ2n) is 5.53. The molecule has 1 saturated heterocycles. The SMILES string of the molecule is O=C(Cc1ccccc1Cl)N1CCC[C@H]1c1ccccc1F. The molecular formula is C18H17ClFNO. The lowest BCUT2D eigenvalue weighted by atomic mass is 10.0. The summed E-state index contributed by atoms with van der Waals surface area (Å²) in [5.41, 5.74) is 1.42. The van der Waals surface area contributed by atoms with Crippen LogP contribution in [0.3, 0.4) is 0 Å². The number of halogens is 2. The maximum Gasteiger partial charge on any atom is 0.227 e. The molecule has 0 saturated carbocycles. The number of nitrogens with zero attached hydrogens (tertiary/aromatic N) is 1. The molecule has 0 spiro atoms. The molecule has 22 heavy (non-hydrogen) atoms. The first-order valence-corrected chi connectivity index (χ1v) is 7.82. The summed E-state index contributed by atoms with van der Waals surface area (Å²) in [5.74, 6) is -0.246. The second kappa shape index (κ2) is 6.49. The van der Waals surface area contributed by atoms with E-state index in [1.807, 2.05) is 24.3 Å². The number of hydrogen-bond donors (Lipinski definition) is 0. The Morgan fingerprint density at radius 1 is 1.18 bits per heavy atom. The van der Waals surface area contributed by atoms with Gasteiger partial charge >= 0.3 is 0 Å². The van der Waals surface area contributed by atoms with Crippen LogP contribution in [0.4, 0.5) is 4.39 Å². The molecule has 3 rings (SSSR count). The molecule has 0 radical (unpaired) electrons. The predicted molar refractivity (Wildman–Crippen MR) is 85.2 cm³/mol. The first kappa shape index (κ1) is 15.0. The molecule has 0 unspecified atom stereocenters. The van der Waals surface area contributed by atoms with Gasteiger partial charge in [-0.25, -0.2) is 4.39 Å². The molecule has 0 aromatic heterocycles. The van der Waals surface area contributed by atoms with Gasteiger partial charge in [0.1, 0.15) is 5.82 Å². The minimum atomic E-state index is -0.245. The van der Waals surface area contributed by atoms with E-state index in [4.69, 9.17) is 11.6 Å².